The predicted molar refractivity (Wildman–Crippen MR) is 59.2 cm³/mol. The average molecular weight is 249 g/mol. The average Bonchev–Trinajstić information content (AvgIpc) is 2.14. The van der Waals surface area contributed by atoms with Gasteiger partial charge in [-0.15, -0.1) is 11.8 Å². The molecule has 0 fully saturated rings. The number of carboxylic acids is 1. The van der Waals surface area contributed by atoms with Gasteiger partial charge in [0.05, 0.1) is 18.6 Å². The van der Waals surface area contributed by atoms with Crippen molar-refractivity contribution in [1.29, 1.82) is 0 Å². The topological polar surface area (TPSA) is 92.7 Å². The minimum absolute atomic E-state index is 0.00722. The molecule has 0 aliphatic carbocycles. The summed E-state index contributed by atoms with van der Waals surface area (Å²) in [7, 11) is 1.23. The fourth-order valence-corrected chi connectivity index (χ4v) is 1.46. The highest BCUT2D eigenvalue weighted by atomic mass is 32.2. The normalized spacial score (nSPS) is 10.7. The van der Waals surface area contributed by atoms with Gasteiger partial charge < -0.3 is 15.2 Å². The van der Waals surface area contributed by atoms with E-state index < -0.39 is 23.4 Å². The van der Waals surface area contributed by atoms with Crippen LogP contribution in [0.25, 0.3) is 0 Å². The first-order valence-corrected chi connectivity index (χ1v) is 5.64. The minimum atomic E-state index is -1.10. The predicted octanol–water partition coefficient (Wildman–Crippen LogP) is -0.128. The molecule has 0 heterocycles. The van der Waals surface area contributed by atoms with Crippen LogP contribution in [0, 0.1) is 0 Å². The summed E-state index contributed by atoms with van der Waals surface area (Å²) in [6.07, 6.45) is 0. The summed E-state index contributed by atoms with van der Waals surface area (Å²) in [6, 6.07) is 0. The third-order valence-electron chi connectivity index (χ3n) is 1.61. The number of amides is 1. The SMILES string of the molecule is COC(=O)C(C)(C)NC(=O)CSCC(=O)O. The van der Waals surface area contributed by atoms with Crippen molar-refractivity contribution in [2.45, 2.75) is 19.4 Å². The Morgan fingerprint density at radius 2 is 1.88 bits per heavy atom. The van der Waals surface area contributed by atoms with Gasteiger partial charge in [-0.05, 0) is 13.8 Å². The minimum Gasteiger partial charge on any atom is -0.481 e. The van der Waals surface area contributed by atoms with Gasteiger partial charge in [-0.25, -0.2) is 4.79 Å². The summed E-state index contributed by atoms with van der Waals surface area (Å²) in [6.45, 7) is 3.02. The van der Waals surface area contributed by atoms with E-state index in [4.69, 9.17) is 5.11 Å². The number of carbonyl (C=O) groups is 3. The van der Waals surface area contributed by atoms with E-state index in [1.807, 2.05) is 0 Å². The lowest BCUT2D eigenvalue weighted by molar-refractivity contribution is -0.149. The van der Waals surface area contributed by atoms with Gasteiger partial charge in [0, 0.05) is 0 Å². The van der Waals surface area contributed by atoms with Crippen molar-refractivity contribution in [3.8, 4) is 0 Å². The first-order valence-electron chi connectivity index (χ1n) is 4.48. The number of rotatable bonds is 6. The zero-order chi connectivity index (χ0) is 12.8. The van der Waals surface area contributed by atoms with Gasteiger partial charge in [0.15, 0.2) is 0 Å². The van der Waals surface area contributed by atoms with Crippen molar-refractivity contribution in [1.82, 2.24) is 5.32 Å². The number of hydrogen-bond donors (Lipinski definition) is 2. The molecule has 0 saturated heterocycles. The summed E-state index contributed by atoms with van der Waals surface area (Å²) in [5.74, 6) is -2.09. The summed E-state index contributed by atoms with van der Waals surface area (Å²) < 4.78 is 4.50. The fraction of sp³-hybridized carbons (Fsp3) is 0.667. The molecule has 0 aliphatic rings. The quantitative estimate of drug-likeness (QED) is 0.637. The number of methoxy groups -OCH3 is 1. The van der Waals surface area contributed by atoms with E-state index in [2.05, 4.69) is 10.1 Å². The van der Waals surface area contributed by atoms with Crippen molar-refractivity contribution in [2.75, 3.05) is 18.6 Å². The fourth-order valence-electron chi connectivity index (χ4n) is 0.922. The van der Waals surface area contributed by atoms with Crippen LogP contribution < -0.4 is 5.32 Å². The van der Waals surface area contributed by atoms with Crippen LogP contribution in [0.1, 0.15) is 13.8 Å². The Labute approximate surface area is 97.7 Å². The maximum Gasteiger partial charge on any atom is 0.330 e. The van der Waals surface area contributed by atoms with Crippen molar-refractivity contribution in [2.24, 2.45) is 0 Å². The van der Waals surface area contributed by atoms with Crippen LogP contribution in [0.2, 0.25) is 0 Å². The highest BCUT2D eigenvalue weighted by Gasteiger charge is 2.30. The number of ether oxygens (including phenoxy) is 1. The second kappa shape index (κ2) is 6.37. The summed E-state index contributed by atoms with van der Waals surface area (Å²) in [4.78, 5) is 32.7. The molecule has 16 heavy (non-hydrogen) atoms. The number of carboxylic acid groups (broad SMARTS) is 1. The van der Waals surface area contributed by atoms with E-state index in [1.165, 1.54) is 21.0 Å². The Hall–Kier alpha value is -1.24. The molecular formula is C9H15NO5S. The standard InChI is InChI=1S/C9H15NO5S/c1-9(2,8(14)15-3)10-6(11)4-16-5-7(12)13/h4-5H2,1-3H3,(H,10,11)(H,12,13). The molecule has 0 spiro atoms. The van der Waals surface area contributed by atoms with Crippen LogP contribution >= 0.6 is 11.8 Å². The number of esters is 1. The van der Waals surface area contributed by atoms with E-state index in [-0.39, 0.29) is 11.5 Å². The highest BCUT2D eigenvalue weighted by Crippen LogP contribution is 2.06. The first-order chi connectivity index (χ1) is 7.29. The Balaban J connectivity index is 4.04. The van der Waals surface area contributed by atoms with Gasteiger partial charge in [0.1, 0.15) is 5.54 Å². The third-order valence-corrected chi connectivity index (χ3v) is 2.52. The molecule has 2 N–H and O–H groups in total. The van der Waals surface area contributed by atoms with E-state index >= 15 is 0 Å². The molecule has 1 amide bonds. The Kier molecular flexibility index (Phi) is 5.87. The number of carbonyl (C=O) groups excluding carboxylic acids is 2. The monoisotopic (exact) mass is 249 g/mol. The molecule has 0 radical (unpaired) electrons. The molecule has 0 aromatic carbocycles. The molecule has 0 unspecified atom stereocenters. The summed E-state index contributed by atoms with van der Waals surface area (Å²) >= 11 is 0.966. The van der Waals surface area contributed by atoms with Crippen LogP contribution in [0.15, 0.2) is 0 Å². The van der Waals surface area contributed by atoms with Crippen LogP contribution in [-0.2, 0) is 19.1 Å². The largest absolute Gasteiger partial charge is 0.481 e. The molecule has 0 rings (SSSR count). The van der Waals surface area contributed by atoms with Crippen molar-refractivity contribution < 1.29 is 24.2 Å². The van der Waals surface area contributed by atoms with Crippen LogP contribution in [-0.4, -0.2) is 47.1 Å². The van der Waals surface area contributed by atoms with E-state index in [9.17, 15) is 14.4 Å². The Morgan fingerprint density at radius 1 is 1.31 bits per heavy atom. The first kappa shape index (κ1) is 14.8. The molecule has 6 nitrogen and oxygen atoms in total. The Bertz CT molecular complexity index is 290. The molecular weight excluding hydrogens is 234 g/mol. The summed E-state index contributed by atoms with van der Waals surface area (Å²) in [5, 5.41) is 10.8. The molecule has 0 aromatic heterocycles. The molecule has 0 aromatic rings. The maximum atomic E-state index is 11.3. The van der Waals surface area contributed by atoms with E-state index in [1.54, 1.807) is 0 Å². The van der Waals surface area contributed by atoms with Gasteiger partial charge in [0.2, 0.25) is 5.91 Å². The molecule has 0 bridgehead atoms. The van der Waals surface area contributed by atoms with Crippen molar-refractivity contribution in [3.05, 3.63) is 0 Å². The Morgan fingerprint density at radius 3 is 2.31 bits per heavy atom. The number of nitrogens with one attached hydrogen (secondary N) is 1. The van der Waals surface area contributed by atoms with Gasteiger partial charge in [-0.2, -0.15) is 0 Å². The number of hydrogen-bond acceptors (Lipinski definition) is 5. The van der Waals surface area contributed by atoms with Crippen molar-refractivity contribution >= 4 is 29.6 Å². The van der Waals surface area contributed by atoms with Crippen LogP contribution in [0.3, 0.4) is 0 Å². The van der Waals surface area contributed by atoms with Gasteiger partial charge >= 0.3 is 11.9 Å². The van der Waals surface area contributed by atoms with Gasteiger partial charge in [0.25, 0.3) is 0 Å². The zero-order valence-electron chi connectivity index (χ0n) is 9.40. The maximum absolute atomic E-state index is 11.3. The highest BCUT2D eigenvalue weighted by molar-refractivity contribution is 8.00. The van der Waals surface area contributed by atoms with Crippen LogP contribution in [0.5, 0.6) is 0 Å². The molecule has 7 heteroatoms. The van der Waals surface area contributed by atoms with E-state index in [0.717, 1.165) is 11.8 Å². The van der Waals surface area contributed by atoms with Crippen LogP contribution in [0.4, 0.5) is 0 Å². The van der Waals surface area contributed by atoms with Gasteiger partial charge in [-0.1, -0.05) is 0 Å². The van der Waals surface area contributed by atoms with Gasteiger partial charge in [-0.3, -0.25) is 9.59 Å². The second-order valence-corrected chi connectivity index (χ2v) is 4.54. The lowest BCUT2D eigenvalue weighted by Crippen LogP contribution is -2.51. The molecule has 0 aliphatic heterocycles. The second-order valence-electron chi connectivity index (χ2n) is 3.55. The van der Waals surface area contributed by atoms with Crippen molar-refractivity contribution in [3.63, 3.8) is 0 Å². The third kappa shape index (κ3) is 5.59. The zero-order valence-corrected chi connectivity index (χ0v) is 10.2. The molecule has 0 saturated carbocycles. The summed E-state index contributed by atoms with van der Waals surface area (Å²) in [5.41, 5.74) is -1.10. The molecule has 92 valence electrons. The smallest absolute Gasteiger partial charge is 0.330 e. The number of aliphatic carboxylic acids is 1. The lowest BCUT2D eigenvalue weighted by atomic mass is 10.1. The number of thioether (sulfide) groups is 1. The van der Waals surface area contributed by atoms with E-state index in [0.29, 0.717) is 0 Å². The lowest BCUT2D eigenvalue weighted by Gasteiger charge is -2.22. The molecule has 0 atom stereocenters.